The molecule has 1 saturated heterocycles. The summed E-state index contributed by atoms with van der Waals surface area (Å²) in [6.45, 7) is 5.31. The second-order valence-electron chi connectivity index (χ2n) is 7.89. The lowest BCUT2D eigenvalue weighted by atomic mass is 9.67. The monoisotopic (exact) mass is 377 g/mol. The van der Waals surface area contributed by atoms with E-state index >= 15 is 0 Å². The number of hydrogen-bond acceptors (Lipinski definition) is 3. The summed E-state index contributed by atoms with van der Waals surface area (Å²) in [5.74, 6) is 0.694. The van der Waals surface area contributed by atoms with Crippen molar-refractivity contribution in [1.82, 2.24) is 10.2 Å². The number of hydrogen-bond donors (Lipinski definition) is 1. The van der Waals surface area contributed by atoms with Gasteiger partial charge in [-0.2, -0.15) is 0 Å². The van der Waals surface area contributed by atoms with Gasteiger partial charge in [-0.25, -0.2) is 4.39 Å². The number of ether oxygens (including phenoxy) is 2. The lowest BCUT2D eigenvalue weighted by Gasteiger charge is -2.44. The van der Waals surface area contributed by atoms with Gasteiger partial charge in [0, 0.05) is 33.9 Å². The molecule has 2 unspecified atom stereocenters. The summed E-state index contributed by atoms with van der Waals surface area (Å²) >= 11 is 0. The summed E-state index contributed by atoms with van der Waals surface area (Å²) in [5.41, 5.74) is 1.33. The standard InChI is InChI=1S/C21H32FN3O2/c1-16-13-25(14-19(27-16)17-5-7-18(22)8-6-17)20(23-2)24-15-21(9-4-10-21)11-12-26-3/h5-8,16,19H,4,9-15H2,1-3H3,(H,23,24). The Hall–Kier alpha value is -1.66. The smallest absolute Gasteiger partial charge is 0.193 e. The van der Waals surface area contributed by atoms with E-state index in [1.54, 1.807) is 19.2 Å². The van der Waals surface area contributed by atoms with Gasteiger partial charge in [-0.1, -0.05) is 18.6 Å². The molecule has 27 heavy (non-hydrogen) atoms. The molecule has 1 saturated carbocycles. The van der Waals surface area contributed by atoms with E-state index in [2.05, 4.69) is 22.1 Å². The second-order valence-corrected chi connectivity index (χ2v) is 7.89. The maximum Gasteiger partial charge on any atom is 0.193 e. The lowest BCUT2D eigenvalue weighted by Crippen LogP contribution is -2.53. The van der Waals surface area contributed by atoms with E-state index in [1.165, 1.54) is 31.4 Å². The molecule has 1 aliphatic heterocycles. The van der Waals surface area contributed by atoms with Crippen LogP contribution in [0.5, 0.6) is 0 Å². The minimum absolute atomic E-state index is 0.0820. The van der Waals surface area contributed by atoms with E-state index in [9.17, 15) is 4.39 Å². The van der Waals surface area contributed by atoms with Gasteiger partial charge in [-0.3, -0.25) is 4.99 Å². The molecule has 1 N–H and O–H groups in total. The average molecular weight is 378 g/mol. The molecule has 1 aromatic carbocycles. The Labute approximate surface area is 161 Å². The first-order valence-electron chi connectivity index (χ1n) is 9.91. The maximum atomic E-state index is 13.2. The number of rotatable bonds is 6. The first-order valence-corrected chi connectivity index (χ1v) is 9.91. The Morgan fingerprint density at radius 2 is 2.07 bits per heavy atom. The van der Waals surface area contributed by atoms with E-state index in [4.69, 9.17) is 9.47 Å². The zero-order valence-electron chi connectivity index (χ0n) is 16.7. The van der Waals surface area contributed by atoms with Gasteiger partial charge in [0.05, 0.1) is 12.6 Å². The second kappa shape index (κ2) is 9.02. The van der Waals surface area contributed by atoms with Gasteiger partial charge in [-0.05, 0) is 49.3 Å². The molecule has 2 aliphatic rings. The fourth-order valence-corrected chi connectivity index (χ4v) is 4.10. The Morgan fingerprint density at radius 3 is 2.67 bits per heavy atom. The number of nitrogens with zero attached hydrogens (tertiary/aromatic N) is 2. The molecule has 6 heteroatoms. The van der Waals surface area contributed by atoms with Gasteiger partial charge in [0.25, 0.3) is 0 Å². The van der Waals surface area contributed by atoms with Gasteiger partial charge in [0.2, 0.25) is 0 Å². The number of aliphatic imine (C=N–C) groups is 1. The highest BCUT2D eigenvalue weighted by molar-refractivity contribution is 5.80. The van der Waals surface area contributed by atoms with Crippen molar-refractivity contribution in [3.63, 3.8) is 0 Å². The van der Waals surface area contributed by atoms with Crippen LogP contribution in [0.3, 0.4) is 0 Å². The quantitative estimate of drug-likeness (QED) is 0.610. The molecule has 1 aromatic rings. The van der Waals surface area contributed by atoms with Crippen molar-refractivity contribution in [3.05, 3.63) is 35.6 Å². The predicted octanol–water partition coefficient (Wildman–Crippen LogP) is 3.37. The summed E-state index contributed by atoms with van der Waals surface area (Å²) in [4.78, 5) is 6.77. The average Bonchev–Trinajstić information content (AvgIpc) is 2.63. The Morgan fingerprint density at radius 1 is 1.33 bits per heavy atom. The van der Waals surface area contributed by atoms with Crippen molar-refractivity contribution in [2.45, 2.75) is 44.8 Å². The van der Waals surface area contributed by atoms with Crippen LogP contribution in [0, 0.1) is 11.2 Å². The molecular weight excluding hydrogens is 345 g/mol. The van der Waals surface area contributed by atoms with Gasteiger partial charge < -0.3 is 19.7 Å². The fourth-order valence-electron chi connectivity index (χ4n) is 4.10. The number of morpholine rings is 1. The number of benzene rings is 1. The molecule has 5 nitrogen and oxygen atoms in total. The molecule has 0 aromatic heterocycles. The Bertz CT molecular complexity index is 631. The van der Waals surface area contributed by atoms with Crippen molar-refractivity contribution >= 4 is 5.96 Å². The minimum atomic E-state index is -0.223. The molecule has 0 amide bonds. The highest BCUT2D eigenvalue weighted by Gasteiger charge is 2.37. The zero-order valence-corrected chi connectivity index (χ0v) is 16.7. The van der Waals surface area contributed by atoms with Crippen molar-refractivity contribution in [1.29, 1.82) is 0 Å². The third kappa shape index (κ3) is 4.99. The van der Waals surface area contributed by atoms with Gasteiger partial charge in [-0.15, -0.1) is 0 Å². The molecule has 2 atom stereocenters. The number of nitrogens with one attached hydrogen (secondary N) is 1. The highest BCUT2D eigenvalue weighted by atomic mass is 19.1. The number of guanidine groups is 1. The van der Waals surface area contributed by atoms with Crippen LogP contribution in [0.4, 0.5) is 4.39 Å². The van der Waals surface area contributed by atoms with E-state index in [1.807, 2.05) is 7.05 Å². The molecule has 1 aliphatic carbocycles. The molecule has 0 radical (unpaired) electrons. The third-order valence-electron chi connectivity index (χ3n) is 5.89. The highest BCUT2D eigenvalue weighted by Crippen LogP contribution is 2.43. The molecule has 3 rings (SSSR count). The van der Waals surface area contributed by atoms with Crippen LogP contribution in [-0.2, 0) is 9.47 Å². The first-order chi connectivity index (χ1) is 13.0. The molecule has 1 heterocycles. The maximum absolute atomic E-state index is 13.2. The summed E-state index contributed by atoms with van der Waals surface area (Å²) in [6, 6.07) is 6.60. The summed E-state index contributed by atoms with van der Waals surface area (Å²) in [6.07, 6.45) is 4.88. The van der Waals surface area contributed by atoms with Crippen LogP contribution in [0.2, 0.25) is 0 Å². The van der Waals surface area contributed by atoms with Crippen LogP contribution in [-0.4, -0.2) is 57.4 Å². The Kier molecular flexibility index (Phi) is 6.71. The number of halogens is 1. The van der Waals surface area contributed by atoms with E-state index in [-0.39, 0.29) is 18.0 Å². The lowest BCUT2D eigenvalue weighted by molar-refractivity contribution is -0.0607. The van der Waals surface area contributed by atoms with Crippen LogP contribution >= 0.6 is 0 Å². The van der Waals surface area contributed by atoms with Crippen LogP contribution in [0.25, 0.3) is 0 Å². The van der Waals surface area contributed by atoms with Gasteiger partial charge >= 0.3 is 0 Å². The summed E-state index contributed by atoms with van der Waals surface area (Å²) < 4.78 is 24.6. The fraction of sp³-hybridized carbons (Fsp3) is 0.667. The molecular formula is C21H32FN3O2. The zero-order chi connectivity index (χ0) is 19.3. The topological polar surface area (TPSA) is 46.1 Å². The molecule has 0 bridgehead atoms. The van der Waals surface area contributed by atoms with Crippen LogP contribution in [0.1, 0.15) is 44.3 Å². The largest absolute Gasteiger partial charge is 0.385 e. The summed E-state index contributed by atoms with van der Waals surface area (Å²) in [7, 11) is 3.60. The summed E-state index contributed by atoms with van der Waals surface area (Å²) in [5, 5.41) is 3.60. The van der Waals surface area contributed by atoms with E-state index in [0.717, 1.165) is 37.6 Å². The molecule has 150 valence electrons. The first kappa shape index (κ1) is 20.1. The predicted molar refractivity (Wildman–Crippen MR) is 105 cm³/mol. The van der Waals surface area contributed by atoms with Crippen LogP contribution in [0.15, 0.2) is 29.3 Å². The minimum Gasteiger partial charge on any atom is -0.385 e. The van der Waals surface area contributed by atoms with Crippen molar-refractivity contribution in [2.75, 3.05) is 40.4 Å². The van der Waals surface area contributed by atoms with Gasteiger partial charge in [0.15, 0.2) is 5.96 Å². The Balaban J connectivity index is 1.63. The van der Waals surface area contributed by atoms with Crippen molar-refractivity contribution in [2.24, 2.45) is 10.4 Å². The SMILES string of the molecule is CN=C(NCC1(CCOC)CCC1)N1CC(C)OC(c2ccc(F)cc2)C1. The van der Waals surface area contributed by atoms with Gasteiger partial charge in [0.1, 0.15) is 11.9 Å². The van der Waals surface area contributed by atoms with Crippen molar-refractivity contribution < 1.29 is 13.9 Å². The van der Waals surface area contributed by atoms with Crippen molar-refractivity contribution in [3.8, 4) is 0 Å². The molecule has 2 fully saturated rings. The molecule has 0 spiro atoms. The van der Waals surface area contributed by atoms with E-state index < -0.39 is 0 Å². The number of methoxy groups -OCH3 is 1. The van der Waals surface area contributed by atoms with Crippen LogP contribution < -0.4 is 5.32 Å². The normalized spacial score (nSPS) is 25.2. The van der Waals surface area contributed by atoms with E-state index in [0.29, 0.717) is 12.0 Å². The third-order valence-corrected chi connectivity index (χ3v) is 5.89.